The van der Waals surface area contributed by atoms with E-state index in [1.54, 1.807) is 0 Å². The summed E-state index contributed by atoms with van der Waals surface area (Å²) in [5.74, 6) is 4.96. The van der Waals surface area contributed by atoms with E-state index < -0.39 is 0 Å². The normalized spacial score (nSPS) is 22.3. The van der Waals surface area contributed by atoms with Crippen LogP contribution in [-0.4, -0.2) is 54.5 Å². The van der Waals surface area contributed by atoms with E-state index in [4.69, 9.17) is 5.84 Å². The predicted molar refractivity (Wildman–Crippen MR) is 60.1 cm³/mol. The molecule has 15 heavy (non-hydrogen) atoms. The molecule has 3 N–H and O–H groups in total. The monoisotopic (exact) mass is 214 g/mol. The summed E-state index contributed by atoms with van der Waals surface area (Å²) < 4.78 is 0. The Morgan fingerprint density at radius 3 is 2.73 bits per heavy atom. The Balaban J connectivity index is 2.34. The van der Waals surface area contributed by atoms with E-state index in [1.807, 2.05) is 0 Å². The number of hydrogen-bond acceptors (Lipinski definition) is 4. The topological polar surface area (TPSA) is 61.6 Å². The molecule has 88 valence electrons. The van der Waals surface area contributed by atoms with Crippen molar-refractivity contribution in [1.29, 1.82) is 0 Å². The molecule has 1 fully saturated rings. The van der Waals surface area contributed by atoms with Crippen molar-refractivity contribution in [2.24, 2.45) is 5.84 Å². The van der Waals surface area contributed by atoms with Gasteiger partial charge in [-0.25, -0.2) is 5.84 Å². The third-order valence-electron chi connectivity index (χ3n) is 3.10. The van der Waals surface area contributed by atoms with Gasteiger partial charge in [0, 0.05) is 19.1 Å². The van der Waals surface area contributed by atoms with Crippen LogP contribution in [0.4, 0.5) is 0 Å². The molecule has 0 spiro atoms. The lowest BCUT2D eigenvalue weighted by Gasteiger charge is -2.26. The van der Waals surface area contributed by atoms with Crippen LogP contribution < -0.4 is 11.3 Å². The summed E-state index contributed by atoms with van der Waals surface area (Å²) in [7, 11) is 0. The lowest BCUT2D eigenvalue weighted by Crippen LogP contribution is -2.42. The minimum absolute atomic E-state index is 0.102. The highest BCUT2D eigenvalue weighted by atomic mass is 16.2. The Bertz CT molecular complexity index is 206. The van der Waals surface area contributed by atoms with E-state index in [9.17, 15) is 4.79 Å². The smallest absolute Gasteiger partial charge is 0.248 e. The van der Waals surface area contributed by atoms with Crippen LogP contribution in [0.5, 0.6) is 0 Å². The Kier molecular flexibility index (Phi) is 5.01. The molecule has 0 aliphatic carbocycles. The minimum Gasteiger partial charge on any atom is -0.300 e. The zero-order valence-electron chi connectivity index (χ0n) is 9.70. The minimum atomic E-state index is -0.102. The number of nitrogens with one attached hydrogen (secondary N) is 1. The van der Waals surface area contributed by atoms with Gasteiger partial charge >= 0.3 is 0 Å². The van der Waals surface area contributed by atoms with Gasteiger partial charge in [-0.2, -0.15) is 0 Å². The van der Waals surface area contributed by atoms with E-state index >= 15 is 0 Å². The molecule has 0 bridgehead atoms. The van der Waals surface area contributed by atoms with Crippen LogP contribution >= 0.6 is 0 Å². The van der Waals surface area contributed by atoms with Gasteiger partial charge < -0.3 is 0 Å². The van der Waals surface area contributed by atoms with E-state index in [2.05, 4.69) is 29.1 Å². The number of nitrogens with two attached hydrogens (primary N) is 1. The molecule has 0 aromatic carbocycles. The molecule has 1 aliphatic heterocycles. The molecule has 1 rings (SSSR count). The van der Waals surface area contributed by atoms with Gasteiger partial charge in [-0.15, -0.1) is 0 Å². The number of amides is 1. The van der Waals surface area contributed by atoms with E-state index in [0.717, 1.165) is 32.6 Å². The highest BCUT2D eigenvalue weighted by Gasteiger charge is 2.26. The van der Waals surface area contributed by atoms with Crippen molar-refractivity contribution in [3.8, 4) is 0 Å². The molecule has 0 aromatic heterocycles. The third-order valence-corrected chi connectivity index (χ3v) is 3.10. The Labute approximate surface area is 91.6 Å². The maximum Gasteiger partial charge on any atom is 0.248 e. The average Bonchev–Trinajstić information content (AvgIpc) is 2.68. The fourth-order valence-corrected chi connectivity index (χ4v) is 2.24. The quantitative estimate of drug-likeness (QED) is 0.364. The highest BCUT2D eigenvalue weighted by molar-refractivity contribution is 5.77. The van der Waals surface area contributed by atoms with Gasteiger partial charge in [-0.3, -0.25) is 20.0 Å². The second-order valence-electron chi connectivity index (χ2n) is 3.97. The largest absolute Gasteiger partial charge is 0.300 e. The summed E-state index contributed by atoms with van der Waals surface area (Å²) in [6.07, 6.45) is 1.15. The Hall–Kier alpha value is -0.650. The fourth-order valence-electron chi connectivity index (χ4n) is 2.24. The summed E-state index contributed by atoms with van der Waals surface area (Å²) in [4.78, 5) is 15.7. The first-order valence-corrected chi connectivity index (χ1v) is 5.67. The molecule has 1 saturated heterocycles. The van der Waals surface area contributed by atoms with Crippen molar-refractivity contribution in [2.75, 3.05) is 32.7 Å². The van der Waals surface area contributed by atoms with Gasteiger partial charge in [0.25, 0.3) is 0 Å². The summed E-state index contributed by atoms with van der Waals surface area (Å²) in [5.41, 5.74) is 2.17. The average molecular weight is 214 g/mol. The van der Waals surface area contributed by atoms with Crippen molar-refractivity contribution in [3.05, 3.63) is 0 Å². The van der Waals surface area contributed by atoms with Crippen molar-refractivity contribution >= 4 is 5.91 Å². The molecule has 5 heteroatoms. The molecule has 5 nitrogen and oxygen atoms in total. The second-order valence-corrected chi connectivity index (χ2v) is 3.97. The number of carbonyl (C=O) groups excluding carboxylic acids is 1. The van der Waals surface area contributed by atoms with E-state index in [-0.39, 0.29) is 5.91 Å². The van der Waals surface area contributed by atoms with Crippen LogP contribution in [0.25, 0.3) is 0 Å². The van der Waals surface area contributed by atoms with Crippen molar-refractivity contribution in [2.45, 2.75) is 26.3 Å². The number of rotatable bonds is 5. The number of nitrogens with zero attached hydrogens (tertiary/aromatic N) is 2. The second kappa shape index (κ2) is 6.05. The first-order valence-electron chi connectivity index (χ1n) is 5.67. The molecule has 1 unspecified atom stereocenters. The fraction of sp³-hybridized carbons (Fsp3) is 0.900. The number of hydrazine groups is 1. The maximum absolute atomic E-state index is 11.1. The van der Waals surface area contributed by atoms with E-state index in [0.29, 0.717) is 12.6 Å². The van der Waals surface area contributed by atoms with Crippen molar-refractivity contribution in [3.63, 3.8) is 0 Å². The zero-order chi connectivity index (χ0) is 11.3. The molecule has 0 aromatic rings. The van der Waals surface area contributed by atoms with Crippen molar-refractivity contribution in [1.82, 2.24) is 15.2 Å². The molecule has 0 radical (unpaired) electrons. The first kappa shape index (κ1) is 12.4. The predicted octanol–water partition coefficient (Wildman–Crippen LogP) is -0.608. The van der Waals surface area contributed by atoms with Gasteiger partial charge in [-0.1, -0.05) is 13.8 Å². The number of likely N-dealkylation sites (N-methyl/N-ethyl adjacent to an activating group) is 1. The molecule has 1 amide bonds. The molecule has 1 atom stereocenters. The summed E-state index contributed by atoms with van der Waals surface area (Å²) in [5, 5.41) is 0. The van der Waals surface area contributed by atoms with Gasteiger partial charge in [0.1, 0.15) is 0 Å². The Morgan fingerprint density at radius 2 is 2.20 bits per heavy atom. The van der Waals surface area contributed by atoms with Crippen LogP contribution in [0.1, 0.15) is 20.3 Å². The SMILES string of the molecule is CCN(CC)C1CCN(CC(=O)NN)C1. The lowest BCUT2D eigenvalue weighted by atomic mass is 10.2. The molecular formula is C10H22N4O. The van der Waals surface area contributed by atoms with Gasteiger partial charge in [0.2, 0.25) is 5.91 Å². The third kappa shape index (κ3) is 3.44. The summed E-state index contributed by atoms with van der Waals surface area (Å²) in [6.45, 7) is 8.92. The Morgan fingerprint density at radius 1 is 1.53 bits per heavy atom. The van der Waals surface area contributed by atoms with Crippen LogP contribution in [0.3, 0.4) is 0 Å². The van der Waals surface area contributed by atoms with Crippen LogP contribution in [-0.2, 0) is 4.79 Å². The van der Waals surface area contributed by atoms with Gasteiger partial charge in [0.05, 0.1) is 6.54 Å². The van der Waals surface area contributed by atoms with Crippen LogP contribution in [0.15, 0.2) is 0 Å². The van der Waals surface area contributed by atoms with Crippen molar-refractivity contribution < 1.29 is 4.79 Å². The zero-order valence-corrected chi connectivity index (χ0v) is 9.70. The number of carbonyl (C=O) groups is 1. The standard InChI is InChI=1S/C10H22N4O/c1-3-14(4-2)9-5-6-13(7-9)8-10(15)12-11/h9H,3-8,11H2,1-2H3,(H,12,15). The van der Waals surface area contributed by atoms with Gasteiger partial charge in [0.15, 0.2) is 0 Å². The number of likely N-dealkylation sites (tertiary alicyclic amines) is 1. The van der Waals surface area contributed by atoms with Crippen LogP contribution in [0.2, 0.25) is 0 Å². The molecule has 0 saturated carbocycles. The summed E-state index contributed by atoms with van der Waals surface area (Å²) in [6, 6.07) is 0.602. The molecule has 1 heterocycles. The first-order chi connectivity index (χ1) is 7.21. The lowest BCUT2D eigenvalue weighted by molar-refractivity contribution is -0.122. The van der Waals surface area contributed by atoms with Crippen LogP contribution in [0, 0.1) is 0 Å². The van der Waals surface area contributed by atoms with Gasteiger partial charge in [-0.05, 0) is 19.5 Å². The number of hydrogen-bond donors (Lipinski definition) is 2. The molecule has 1 aliphatic rings. The van der Waals surface area contributed by atoms with E-state index in [1.165, 1.54) is 0 Å². The maximum atomic E-state index is 11.1. The summed E-state index contributed by atoms with van der Waals surface area (Å²) >= 11 is 0. The molecular weight excluding hydrogens is 192 g/mol. The highest BCUT2D eigenvalue weighted by Crippen LogP contribution is 2.14.